The molecule has 0 fully saturated rings. The normalized spacial score (nSPS) is 10.3. The smallest absolute Gasteiger partial charge is 0.346 e. The molecule has 0 saturated carbocycles. The number of hydrogen-bond donors (Lipinski definition) is 4. The fourth-order valence-corrected chi connectivity index (χ4v) is 2.97. The van der Waals surface area contributed by atoms with Gasteiger partial charge in [0.2, 0.25) is 0 Å². The van der Waals surface area contributed by atoms with Crippen molar-refractivity contribution in [2.75, 3.05) is 0 Å². The molecule has 0 heterocycles. The van der Waals surface area contributed by atoms with Crippen LogP contribution in [0.15, 0.2) is 24.3 Å². The number of hydrogen-bond acceptors (Lipinski definition) is 7. The molecule has 11 nitrogen and oxygen atoms in total. The van der Waals surface area contributed by atoms with Gasteiger partial charge in [0.25, 0.3) is 0 Å². The lowest BCUT2D eigenvalue weighted by Crippen LogP contribution is -2.21. The highest BCUT2D eigenvalue weighted by molar-refractivity contribution is 6.12. The van der Waals surface area contributed by atoms with Gasteiger partial charge in [-0.05, 0) is 49.2 Å². The molecule has 0 aromatic heterocycles. The van der Waals surface area contributed by atoms with Crippen molar-refractivity contribution in [1.82, 2.24) is 0 Å². The van der Waals surface area contributed by atoms with Gasteiger partial charge in [-0.2, -0.15) is 0 Å². The number of ether oxygens (including phenoxy) is 1. The van der Waals surface area contributed by atoms with Crippen molar-refractivity contribution in [1.29, 1.82) is 0 Å². The predicted octanol–water partition coefficient (Wildman–Crippen LogP) is 2.09. The zero-order valence-electron chi connectivity index (χ0n) is 16.0. The Kier molecular flexibility index (Phi) is 6.20. The number of esters is 2. The van der Waals surface area contributed by atoms with Crippen LogP contribution >= 0.6 is 0 Å². The van der Waals surface area contributed by atoms with Crippen LogP contribution in [0.5, 0.6) is 0 Å². The molecule has 2 rings (SSSR count). The Morgan fingerprint density at radius 2 is 0.839 bits per heavy atom. The minimum absolute atomic E-state index is 0.255. The Morgan fingerprint density at radius 3 is 1.10 bits per heavy atom. The molecular weight excluding hydrogens is 416 g/mol. The van der Waals surface area contributed by atoms with E-state index in [2.05, 4.69) is 4.74 Å². The Labute approximate surface area is 173 Å². The van der Waals surface area contributed by atoms with Crippen LogP contribution in [0.3, 0.4) is 0 Å². The van der Waals surface area contributed by atoms with E-state index in [0.717, 1.165) is 38.1 Å². The fraction of sp³-hybridized carbons (Fsp3) is 0.100. The summed E-state index contributed by atoms with van der Waals surface area (Å²) in [5.41, 5.74) is -3.92. The quantitative estimate of drug-likeness (QED) is 0.387. The van der Waals surface area contributed by atoms with E-state index in [9.17, 15) is 39.0 Å². The molecule has 4 N–H and O–H groups in total. The topological polar surface area (TPSA) is 193 Å². The first-order valence-electron chi connectivity index (χ1n) is 8.35. The number of rotatable bonds is 6. The van der Waals surface area contributed by atoms with E-state index in [4.69, 9.17) is 10.2 Å². The Balaban J connectivity index is 2.52. The number of carboxylic acids is 4. The van der Waals surface area contributed by atoms with Crippen LogP contribution in [-0.4, -0.2) is 56.2 Å². The first-order valence-corrected chi connectivity index (χ1v) is 8.35. The summed E-state index contributed by atoms with van der Waals surface area (Å²) in [4.78, 5) is 70.3. The third-order valence-electron chi connectivity index (χ3n) is 4.44. The lowest BCUT2D eigenvalue weighted by molar-refractivity contribution is 0.0384. The summed E-state index contributed by atoms with van der Waals surface area (Å²) in [5.74, 6) is -9.08. The van der Waals surface area contributed by atoms with Crippen molar-refractivity contribution in [3.8, 4) is 0 Å². The molecule has 160 valence electrons. The Hall–Kier alpha value is -4.54. The first kappa shape index (κ1) is 22.7. The summed E-state index contributed by atoms with van der Waals surface area (Å²) in [6.45, 7) is 2.31. The number of benzene rings is 2. The highest BCUT2D eigenvalue weighted by Gasteiger charge is 2.29. The van der Waals surface area contributed by atoms with Crippen molar-refractivity contribution in [3.05, 3.63) is 68.8 Å². The molecular formula is C20H14O11. The van der Waals surface area contributed by atoms with E-state index in [-0.39, 0.29) is 22.3 Å². The third-order valence-corrected chi connectivity index (χ3v) is 4.44. The molecule has 0 unspecified atom stereocenters. The maximum absolute atomic E-state index is 12.4. The van der Waals surface area contributed by atoms with Crippen LogP contribution in [-0.2, 0) is 4.74 Å². The zero-order chi connectivity index (χ0) is 23.6. The molecule has 0 radical (unpaired) electrons. The number of carboxylic acid groups (broad SMARTS) is 4. The number of aromatic carboxylic acids is 4. The minimum atomic E-state index is -1.65. The number of carbonyl (C=O) groups is 6. The highest BCUT2D eigenvalue weighted by Crippen LogP contribution is 2.23. The molecule has 11 heteroatoms. The van der Waals surface area contributed by atoms with Crippen molar-refractivity contribution in [3.63, 3.8) is 0 Å². The van der Waals surface area contributed by atoms with E-state index >= 15 is 0 Å². The van der Waals surface area contributed by atoms with Crippen LogP contribution in [0.1, 0.15) is 73.3 Å². The Bertz CT molecular complexity index is 1080. The van der Waals surface area contributed by atoms with Gasteiger partial charge in [-0.3, -0.25) is 0 Å². The summed E-state index contributed by atoms with van der Waals surface area (Å²) in [6.07, 6.45) is 0. The van der Waals surface area contributed by atoms with Gasteiger partial charge in [0.15, 0.2) is 0 Å². The molecule has 2 aromatic carbocycles. The average molecular weight is 430 g/mol. The van der Waals surface area contributed by atoms with Gasteiger partial charge >= 0.3 is 35.8 Å². The summed E-state index contributed by atoms with van der Waals surface area (Å²) < 4.78 is 4.62. The molecule has 0 bridgehead atoms. The molecule has 0 atom stereocenters. The van der Waals surface area contributed by atoms with E-state index in [1.807, 2.05) is 0 Å². The summed E-state index contributed by atoms with van der Waals surface area (Å²) in [7, 11) is 0. The van der Waals surface area contributed by atoms with Crippen LogP contribution in [0, 0.1) is 13.8 Å². The second kappa shape index (κ2) is 8.45. The maximum atomic E-state index is 12.4. The van der Waals surface area contributed by atoms with E-state index < -0.39 is 58.1 Å². The molecule has 0 spiro atoms. The second-order valence-electron chi connectivity index (χ2n) is 6.22. The monoisotopic (exact) mass is 430 g/mol. The molecule has 2 aromatic rings. The van der Waals surface area contributed by atoms with Crippen LogP contribution in [0.2, 0.25) is 0 Å². The predicted molar refractivity (Wildman–Crippen MR) is 99.9 cm³/mol. The third kappa shape index (κ3) is 4.24. The van der Waals surface area contributed by atoms with Gasteiger partial charge < -0.3 is 25.2 Å². The van der Waals surface area contributed by atoms with Gasteiger partial charge in [-0.1, -0.05) is 0 Å². The van der Waals surface area contributed by atoms with Gasteiger partial charge in [0.05, 0.1) is 33.4 Å². The second-order valence-corrected chi connectivity index (χ2v) is 6.22. The molecule has 0 saturated heterocycles. The average Bonchev–Trinajstić information content (AvgIpc) is 2.65. The summed E-state index contributed by atoms with van der Waals surface area (Å²) in [5, 5.41) is 36.9. The molecule has 0 aliphatic rings. The number of carbonyl (C=O) groups excluding carboxylic acids is 2. The van der Waals surface area contributed by atoms with Crippen LogP contribution < -0.4 is 0 Å². The van der Waals surface area contributed by atoms with E-state index in [1.54, 1.807) is 0 Å². The SMILES string of the molecule is Cc1c(C(=O)O)ccc(C(=O)OC(=O)c2ccc(C(=O)O)c(C)c2C(=O)O)c1C(=O)O. The fourth-order valence-electron chi connectivity index (χ4n) is 2.97. The van der Waals surface area contributed by atoms with Crippen molar-refractivity contribution < 1.29 is 53.9 Å². The van der Waals surface area contributed by atoms with Crippen LogP contribution in [0.25, 0.3) is 0 Å². The molecule has 31 heavy (non-hydrogen) atoms. The molecule has 0 amide bonds. The minimum Gasteiger partial charge on any atom is -0.478 e. The summed E-state index contributed by atoms with van der Waals surface area (Å²) >= 11 is 0. The first-order chi connectivity index (χ1) is 14.4. The Morgan fingerprint density at radius 1 is 0.548 bits per heavy atom. The van der Waals surface area contributed by atoms with E-state index in [0.29, 0.717) is 0 Å². The lowest BCUT2D eigenvalue weighted by atomic mass is 9.96. The maximum Gasteiger partial charge on any atom is 0.346 e. The van der Waals surface area contributed by atoms with E-state index in [1.165, 1.54) is 0 Å². The lowest BCUT2D eigenvalue weighted by Gasteiger charge is -2.12. The highest BCUT2D eigenvalue weighted by atomic mass is 16.6. The standard InChI is InChI=1S/C20H14O11/c1-7-9(15(21)22)3-5-11(13(7)17(25)26)19(29)31-20(30)12-6-4-10(16(23)24)8(2)14(12)18(27)28/h3-6H,1-2H3,(H,21,22)(H,23,24)(H,25,26)(H,27,28). The van der Waals surface area contributed by atoms with Crippen molar-refractivity contribution in [2.45, 2.75) is 13.8 Å². The zero-order valence-corrected chi connectivity index (χ0v) is 16.0. The van der Waals surface area contributed by atoms with Gasteiger partial charge in [-0.25, -0.2) is 28.8 Å². The molecule has 0 aliphatic heterocycles. The largest absolute Gasteiger partial charge is 0.478 e. The van der Waals surface area contributed by atoms with Gasteiger partial charge in [-0.15, -0.1) is 0 Å². The van der Waals surface area contributed by atoms with Crippen molar-refractivity contribution in [2.24, 2.45) is 0 Å². The van der Waals surface area contributed by atoms with Crippen LogP contribution in [0.4, 0.5) is 0 Å². The summed E-state index contributed by atoms with van der Waals surface area (Å²) in [6, 6.07) is 3.62. The molecule has 0 aliphatic carbocycles. The van der Waals surface area contributed by atoms with Crippen molar-refractivity contribution >= 4 is 35.8 Å². The van der Waals surface area contributed by atoms with Gasteiger partial charge in [0.1, 0.15) is 0 Å². The van der Waals surface area contributed by atoms with Gasteiger partial charge in [0, 0.05) is 0 Å².